The van der Waals surface area contributed by atoms with E-state index in [-0.39, 0.29) is 26.0 Å². The van der Waals surface area contributed by atoms with Crippen LogP contribution in [0.15, 0.2) is 12.2 Å². The van der Waals surface area contributed by atoms with Gasteiger partial charge in [0.25, 0.3) is 5.91 Å². The molecule has 2 heterocycles. The van der Waals surface area contributed by atoms with Gasteiger partial charge in [0.15, 0.2) is 0 Å². The lowest BCUT2D eigenvalue weighted by atomic mass is 10.1. The summed E-state index contributed by atoms with van der Waals surface area (Å²) in [6, 6.07) is -2.37. The van der Waals surface area contributed by atoms with Gasteiger partial charge in [-0.2, -0.15) is 0 Å². The fourth-order valence-corrected chi connectivity index (χ4v) is 6.76. The second-order valence-electron chi connectivity index (χ2n) is 13.1. The van der Waals surface area contributed by atoms with Crippen molar-refractivity contribution in [2.24, 2.45) is 5.92 Å². The number of carbonyl (C=O) groups excluding carboxylic acids is 4. The number of alkyl carbamates (subject to hydrolysis) is 1. The Kier molecular flexibility index (Phi) is 9.02. The molecule has 4 aliphatic rings. The molecule has 6 atom stereocenters. The van der Waals surface area contributed by atoms with Gasteiger partial charge in [-0.3, -0.25) is 19.1 Å². The Balaban J connectivity index is 1.62. The first kappa shape index (κ1) is 32.2. The maximum absolute atomic E-state index is 14.0. The van der Waals surface area contributed by atoms with Crippen LogP contribution < -0.4 is 15.4 Å². The number of rotatable bonds is 5. The molecule has 236 valence electrons. The standard InChI is InChI=1S/C28H44N4O9S/c1-6-20-21(29-25(37)41-26(2,3)4)23(35)32-16-18(33)14-19(32)22(34)30-28(15-17(28)10-8-7-9-13-40-20)24(36)31-42(38,39)27(5)11-12-27/h8,10,17-21,33H,6-7,9,11-16H2,1-5H3,(H,29,37)(H,30,34)(H,31,36). The fraction of sp³-hybridized carbons (Fsp3) is 0.786. The normalized spacial score (nSPS) is 33.3. The topological polar surface area (TPSA) is 180 Å². The molecule has 0 spiro atoms. The summed E-state index contributed by atoms with van der Waals surface area (Å²) in [7, 11) is -3.95. The van der Waals surface area contributed by atoms with Crippen molar-refractivity contribution in [3.8, 4) is 0 Å². The van der Waals surface area contributed by atoms with Gasteiger partial charge in [-0.05, 0) is 66.2 Å². The molecular formula is C28H44N4O9S. The number of ether oxygens (including phenoxy) is 2. The number of fused-ring (bicyclic) bond motifs is 2. The van der Waals surface area contributed by atoms with Crippen LogP contribution in [0.2, 0.25) is 0 Å². The molecule has 2 aliphatic heterocycles. The summed E-state index contributed by atoms with van der Waals surface area (Å²) in [5.41, 5.74) is -2.33. The van der Waals surface area contributed by atoms with Crippen LogP contribution in [0.1, 0.15) is 79.6 Å². The van der Waals surface area contributed by atoms with Crippen molar-refractivity contribution < 1.29 is 42.2 Å². The van der Waals surface area contributed by atoms with E-state index in [9.17, 15) is 32.7 Å². The minimum atomic E-state index is -3.95. The molecule has 13 nitrogen and oxygen atoms in total. The summed E-state index contributed by atoms with van der Waals surface area (Å²) in [4.78, 5) is 55.0. The lowest BCUT2D eigenvalue weighted by Crippen LogP contribution is -2.60. The Hall–Kier alpha value is -2.71. The second-order valence-corrected chi connectivity index (χ2v) is 15.3. The van der Waals surface area contributed by atoms with Crippen molar-refractivity contribution in [3.05, 3.63) is 12.2 Å². The Morgan fingerprint density at radius 2 is 1.95 bits per heavy atom. The smallest absolute Gasteiger partial charge is 0.408 e. The molecule has 4 N–H and O–H groups in total. The molecule has 0 aromatic heterocycles. The van der Waals surface area contributed by atoms with Crippen molar-refractivity contribution in [1.82, 2.24) is 20.3 Å². The monoisotopic (exact) mass is 612 g/mol. The molecular weight excluding hydrogens is 568 g/mol. The number of aliphatic hydroxyl groups excluding tert-OH is 1. The fourth-order valence-electron chi connectivity index (χ4n) is 5.45. The van der Waals surface area contributed by atoms with Crippen LogP contribution in [0.5, 0.6) is 0 Å². The van der Waals surface area contributed by atoms with Gasteiger partial charge >= 0.3 is 6.09 Å². The van der Waals surface area contributed by atoms with Crippen molar-refractivity contribution in [3.63, 3.8) is 0 Å². The highest BCUT2D eigenvalue weighted by atomic mass is 32.2. The predicted octanol–water partition coefficient (Wildman–Crippen LogP) is 0.860. The Morgan fingerprint density at radius 1 is 1.26 bits per heavy atom. The van der Waals surface area contributed by atoms with Crippen LogP contribution >= 0.6 is 0 Å². The lowest BCUT2D eigenvalue weighted by Gasteiger charge is -2.33. The van der Waals surface area contributed by atoms with Gasteiger partial charge in [0.2, 0.25) is 21.8 Å². The van der Waals surface area contributed by atoms with E-state index in [1.165, 1.54) is 4.90 Å². The van der Waals surface area contributed by atoms with Crippen LogP contribution in [-0.4, -0.2) is 95.6 Å². The SMILES string of the molecule is CCC1OCCCC=CC2CC2(C(=O)NS(=O)(=O)C2(C)CC2)NC(=O)C2CC(O)CN2C(=O)C1NC(=O)OC(C)(C)C. The maximum atomic E-state index is 14.0. The molecule has 2 saturated carbocycles. The summed E-state index contributed by atoms with van der Waals surface area (Å²) in [5, 5.41) is 15.9. The van der Waals surface area contributed by atoms with Gasteiger partial charge in [-0.1, -0.05) is 19.1 Å². The summed E-state index contributed by atoms with van der Waals surface area (Å²) in [5.74, 6) is -2.60. The molecule has 3 fully saturated rings. The first-order valence-corrected chi connectivity index (χ1v) is 16.2. The number of nitrogens with one attached hydrogen (secondary N) is 3. The van der Waals surface area contributed by atoms with Crippen LogP contribution in [0.3, 0.4) is 0 Å². The van der Waals surface area contributed by atoms with Gasteiger partial charge in [0.05, 0.1) is 17.0 Å². The average Bonchev–Trinajstić information content (AvgIpc) is 3.76. The van der Waals surface area contributed by atoms with Gasteiger partial charge < -0.3 is 30.1 Å². The van der Waals surface area contributed by atoms with Crippen molar-refractivity contribution >= 4 is 33.8 Å². The number of amides is 4. The molecule has 42 heavy (non-hydrogen) atoms. The van der Waals surface area contributed by atoms with Gasteiger partial charge in [0.1, 0.15) is 23.2 Å². The van der Waals surface area contributed by atoms with E-state index in [1.807, 2.05) is 13.0 Å². The summed E-state index contributed by atoms with van der Waals surface area (Å²) >= 11 is 0. The lowest BCUT2D eigenvalue weighted by molar-refractivity contribution is -0.144. The van der Waals surface area contributed by atoms with Crippen molar-refractivity contribution in [1.29, 1.82) is 0 Å². The van der Waals surface area contributed by atoms with Crippen LogP contribution in [0.25, 0.3) is 0 Å². The van der Waals surface area contributed by atoms with E-state index in [1.54, 1.807) is 33.8 Å². The third kappa shape index (κ3) is 6.91. The van der Waals surface area contributed by atoms with Gasteiger partial charge in [0, 0.05) is 25.5 Å². The number of hydrogen-bond donors (Lipinski definition) is 4. The van der Waals surface area contributed by atoms with Gasteiger partial charge in [-0.15, -0.1) is 0 Å². The van der Waals surface area contributed by atoms with Crippen molar-refractivity contribution in [2.45, 2.75) is 120 Å². The van der Waals surface area contributed by atoms with Crippen LogP contribution in [0.4, 0.5) is 4.79 Å². The largest absolute Gasteiger partial charge is 0.444 e. The first-order valence-electron chi connectivity index (χ1n) is 14.7. The summed E-state index contributed by atoms with van der Waals surface area (Å²) in [6.45, 7) is 8.56. The molecule has 6 unspecified atom stereocenters. The minimum absolute atomic E-state index is 0.0943. The summed E-state index contributed by atoms with van der Waals surface area (Å²) < 4.78 is 38.3. The second kappa shape index (κ2) is 11.8. The number of aliphatic hydroxyl groups is 1. The zero-order valence-electron chi connectivity index (χ0n) is 25.0. The number of sulfonamides is 1. The molecule has 0 aromatic carbocycles. The minimum Gasteiger partial charge on any atom is -0.444 e. The third-order valence-corrected chi connectivity index (χ3v) is 10.5. The highest BCUT2D eigenvalue weighted by molar-refractivity contribution is 7.91. The van der Waals surface area contributed by atoms with E-state index < -0.39 is 79.9 Å². The molecule has 0 bridgehead atoms. The Labute approximate surface area is 247 Å². The van der Waals surface area contributed by atoms with E-state index >= 15 is 0 Å². The molecule has 1 saturated heterocycles. The van der Waals surface area contributed by atoms with E-state index in [2.05, 4.69) is 15.4 Å². The Bertz CT molecular complexity index is 1230. The molecule has 14 heteroatoms. The summed E-state index contributed by atoms with van der Waals surface area (Å²) in [6.07, 6.45) is 3.56. The van der Waals surface area contributed by atoms with Crippen molar-refractivity contribution in [2.75, 3.05) is 13.2 Å². The highest BCUT2D eigenvalue weighted by Crippen LogP contribution is 2.47. The maximum Gasteiger partial charge on any atom is 0.408 e. The molecule has 2 aliphatic carbocycles. The highest BCUT2D eigenvalue weighted by Gasteiger charge is 2.63. The predicted molar refractivity (Wildman–Crippen MR) is 151 cm³/mol. The van der Waals surface area contributed by atoms with Crippen LogP contribution in [0, 0.1) is 5.92 Å². The van der Waals surface area contributed by atoms with Gasteiger partial charge in [-0.25, -0.2) is 13.2 Å². The van der Waals surface area contributed by atoms with E-state index in [4.69, 9.17) is 9.47 Å². The number of allylic oxidation sites excluding steroid dienone is 1. The zero-order chi connectivity index (χ0) is 31.1. The first-order chi connectivity index (χ1) is 19.5. The van der Waals surface area contributed by atoms with E-state index in [0.717, 1.165) is 0 Å². The molecule has 4 amide bonds. The number of hydrogen-bond acceptors (Lipinski definition) is 9. The third-order valence-electron chi connectivity index (χ3n) is 8.39. The zero-order valence-corrected chi connectivity index (χ0v) is 25.8. The number of carbonyl (C=O) groups is 4. The average molecular weight is 613 g/mol. The molecule has 0 radical (unpaired) electrons. The Morgan fingerprint density at radius 3 is 2.57 bits per heavy atom. The molecule has 0 aromatic rings. The quantitative estimate of drug-likeness (QED) is 0.328. The van der Waals surface area contributed by atoms with Crippen LogP contribution in [-0.2, 0) is 33.9 Å². The number of nitrogens with zero attached hydrogens (tertiary/aromatic N) is 1. The molecule has 4 rings (SSSR count). The van der Waals surface area contributed by atoms with E-state index in [0.29, 0.717) is 32.1 Å².